The summed E-state index contributed by atoms with van der Waals surface area (Å²) in [5.41, 5.74) is 11.5. The number of alkyl carbamates (subject to hydrolysis) is 1. The Hall–Kier alpha value is -7.01. The van der Waals surface area contributed by atoms with Crippen LogP contribution in [0.3, 0.4) is 0 Å². The standard InChI is InChI=1S/C59H87ClN10O17S/c1-32-12-11-14-41(83-7)39-25-42(85-58(82)68-39)33(2)53-59(4,87-53)45(27-50(75)70(6)40-23-36(22-32)24-43(84-8)52(40)60)86-57(81)34(3)69(5)49(74)19-21-88-44(26-51(76)77)56(80)66-29-35-15-17-37(18-16-35)55(79)63-20-10-9-13-38(54(62)78)67-48(73)31-65-47(72)30-64-46(71)28-61/h11-12,14,23-24,33-35,37-39,41-42,44-45,53H,9-10,13,15-22,25-31,61H2,1-8H3,(H2,62,78)(H,63,79)(H,64,71)(H,65,72)(H,66,80)(H,67,73)(H,68,82)(H,76,77)/b14-11+,32-12+/t33-,34+,35?,37?,38?,39?,41-,42?,44-,45+,53?,59?/m1/s1. The van der Waals surface area contributed by atoms with Crippen LogP contribution in [-0.2, 0) is 73.3 Å². The van der Waals surface area contributed by atoms with Crippen LogP contribution < -0.4 is 53.0 Å². The van der Waals surface area contributed by atoms with E-state index in [1.54, 1.807) is 33.2 Å². The Bertz CT molecular complexity index is 2770. The summed E-state index contributed by atoms with van der Waals surface area (Å²) >= 11 is 7.83. The maximum atomic E-state index is 14.4. The molecule has 88 heavy (non-hydrogen) atoms. The van der Waals surface area contributed by atoms with Gasteiger partial charge in [0, 0.05) is 64.7 Å². The second-order valence-corrected chi connectivity index (χ2v) is 24.6. The van der Waals surface area contributed by atoms with Gasteiger partial charge in [-0.3, -0.25) is 43.2 Å². The average Bonchev–Trinajstić information content (AvgIpc) is 1.59. The molecular weight excluding hydrogens is 1190 g/mol. The van der Waals surface area contributed by atoms with Crippen molar-refractivity contribution < 1.29 is 81.5 Å². The first-order chi connectivity index (χ1) is 41.7. The van der Waals surface area contributed by atoms with E-state index in [0.29, 0.717) is 69.3 Å². The number of allylic oxidation sites excluding steroid dienone is 3. The number of halogens is 1. The van der Waals surface area contributed by atoms with E-state index >= 15 is 0 Å². The molecule has 1 aromatic carbocycles. The molecular formula is C59H87ClN10O17S. The van der Waals surface area contributed by atoms with Crippen molar-refractivity contribution in [1.29, 1.82) is 0 Å². The Morgan fingerprint density at radius 3 is 2.34 bits per heavy atom. The van der Waals surface area contributed by atoms with Crippen LogP contribution in [-0.4, -0.2) is 195 Å². The molecule has 5 unspecified atom stereocenters. The number of fused-ring (bicyclic) bond motifs is 5. The number of likely N-dealkylation sites (N-methyl/N-ethyl adjacent to an activating group) is 1. The van der Waals surface area contributed by atoms with E-state index in [1.165, 1.54) is 30.9 Å². The number of carbonyl (C=O) groups excluding carboxylic acids is 10. The fourth-order valence-corrected chi connectivity index (χ4v) is 12.2. The molecule has 3 heterocycles. The van der Waals surface area contributed by atoms with Crippen LogP contribution in [0.2, 0.25) is 5.02 Å². The van der Waals surface area contributed by atoms with Crippen molar-refractivity contribution in [2.24, 2.45) is 29.2 Å². The van der Waals surface area contributed by atoms with Gasteiger partial charge in [-0.05, 0) is 95.8 Å². The van der Waals surface area contributed by atoms with Crippen LogP contribution in [0.1, 0.15) is 104 Å². The van der Waals surface area contributed by atoms with Crippen molar-refractivity contribution in [2.75, 3.05) is 71.7 Å². The third-order valence-corrected chi connectivity index (χ3v) is 18.1. The number of nitrogens with one attached hydrogen (secondary N) is 6. The molecule has 0 spiro atoms. The lowest BCUT2D eigenvalue weighted by molar-refractivity contribution is -0.162. The fraction of sp³-hybridized carbons (Fsp3) is 0.644. The summed E-state index contributed by atoms with van der Waals surface area (Å²) in [6.07, 6.45) is 5.15. The normalized spacial score (nSPS) is 25.6. The number of hydrogen-bond donors (Lipinski definition) is 9. The van der Waals surface area contributed by atoms with Gasteiger partial charge >= 0.3 is 18.0 Å². The minimum Gasteiger partial charge on any atom is -0.495 e. The number of thioether (sulfide) groups is 1. The molecule has 9 amide bonds. The highest BCUT2D eigenvalue weighted by Crippen LogP contribution is 2.49. The van der Waals surface area contributed by atoms with Gasteiger partial charge in [-0.15, -0.1) is 11.8 Å². The van der Waals surface area contributed by atoms with Crippen LogP contribution in [0.25, 0.3) is 0 Å². The number of carboxylic acids is 1. The highest BCUT2D eigenvalue weighted by molar-refractivity contribution is 8.00. The number of carboxylic acid groups (broad SMARTS) is 1. The highest BCUT2D eigenvalue weighted by Gasteiger charge is 2.64. The number of hydrogen-bond acceptors (Lipinski definition) is 18. The molecule has 4 bridgehead atoms. The quantitative estimate of drug-likeness (QED) is 0.0343. The number of benzene rings is 1. The monoisotopic (exact) mass is 1270 g/mol. The zero-order valence-corrected chi connectivity index (χ0v) is 52.9. The summed E-state index contributed by atoms with van der Waals surface area (Å²) in [6, 6.07) is 0.906. The average molecular weight is 1280 g/mol. The summed E-state index contributed by atoms with van der Waals surface area (Å²) in [6.45, 7) is 6.42. The number of anilines is 1. The molecule has 488 valence electrons. The van der Waals surface area contributed by atoms with E-state index in [-0.39, 0.29) is 67.4 Å². The van der Waals surface area contributed by atoms with Gasteiger partial charge in [0.2, 0.25) is 47.3 Å². The molecule has 3 fully saturated rings. The highest BCUT2D eigenvalue weighted by atomic mass is 35.5. The molecule has 1 saturated carbocycles. The largest absolute Gasteiger partial charge is 0.495 e. The Balaban J connectivity index is 1.11. The molecule has 29 heteroatoms. The Morgan fingerprint density at radius 1 is 0.989 bits per heavy atom. The number of carbonyl (C=O) groups is 11. The lowest BCUT2D eigenvalue weighted by Crippen LogP contribution is -2.53. The fourth-order valence-electron chi connectivity index (χ4n) is 10.9. The summed E-state index contributed by atoms with van der Waals surface area (Å²) < 4.78 is 29.8. The van der Waals surface area contributed by atoms with Crippen LogP contribution in [0.5, 0.6) is 5.75 Å². The number of ether oxygens (including phenoxy) is 5. The third-order valence-electron chi connectivity index (χ3n) is 16.5. The second-order valence-electron chi connectivity index (χ2n) is 22.9. The molecule has 1 aliphatic carbocycles. The lowest BCUT2D eigenvalue weighted by atomic mass is 9.81. The smallest absolute Gasteiger partial charge is 0.407 e. The minimum atomic E-state index is -1.27. The molecule has 10 atom stereocenters. The van der Waals surface area contributed by atoms with Crippen LogP contribution in [0.15, 0.2) is 35.9 Å². The number of methoxy groups -OCH3 is 2. The zero-order chi connectivity index (χ0) is 65.0. The second kappa shape index (κ2) is 34.1. The van der Waals surface area contributed by atoms with Crippen molar-refractivity contribution in [3.05, 3.63) is 46.5 Å². The van der Waals surface area contributed by atoms with Gasteiger partial charge in [0.25, 0.3) is 0 Å². The van der Waals surface area contributed by atoms with E-state index < -0.39 is 132 Å². The molecule has 3 aliphatic heterocycles. The lowest BCUT2D eigenvalue weighted by Gasteiger charge is -2.36. The molecule has 0 aromatic heterocycles. The van der Waals surface area contributed by atoms with Gasteiger partial charge in [-0.25, -0.2) is 9.59 Å². The Labute approximate surface area is 521 Å². The number of unbranched alkanes of at least 4 members (excludes halogenated alkanes) is 1. The SMILES string of the molecule is COc1cc2cc(c1Cl)N(C)C(=O)C[C@H](OC(=O)[C@H](C)N(C)C(=O)CCS[C@H](CC(=O)O)C(=O)NCC1CCC(C(=O)NCCCCC(NC(=O)CNC(=O)CNC(=O)CN)C(N)=O)CC1)C1(C)OC1[C@H](C)C1CC(NC(=O)O1)[C@H](OC)/C=C/C=C(\C)C2. The predicted octanol–water partition coefficient (Wildman–Crippen LogP) is 1.53. The Kier molecular flexibility index (Phi) is 27.8. The van der Waals surface area contributed by atoms with Crippen molar-refractivity contribution in [3.8, 4) is 5.75 Å². The van der Waals surface area contributed by atoms with Gasteiger partial charge in [-0.2, -0.15) is 0 Å². The van der Waals surface area contributed by atoms with Crippen LogP contribution >= 0.6 is 23.4 Å². The Morgan fingerprint density at radius 2 is 1.68 bits per heavy atom. The first-order valence-corrected chi connectivity index (χ1v) is 30.9. The number of amides is 9. The van der Waals surface area contributed by atoms with Crippen molar-refractivity contribution in [3.63, 3.8) is 0 Å². The van der Waals surface area contributed by atoms with Crippen molar-refractivity contribution >= 4 is 94.3 Å². The van der Waals surface area contributed by atoms with E-state index in [4.69, 9.17) is 46.8 Å². The van der Waals surface area contributed by atoms with Crippen molar-refractivity contribution in [2.45, 2.75) is 158 Å². The molecule has 27 nitrogen and oxygen atoms in total. The molecule has 5 rings (SSSR count). The number of rotatable bonds is 27. The zero-order valence-electron chi connectivity index (χ0n) is 51.3. The minimum absolute atomic E-state index is 0.0252. The maximum Gasteiger partial charge on any atom is 0.407 e. The van der Waals surface area contributed by atoms with E-state index in [2.05, 4.69) is 31.9 Å². The van der Waals surface area contributed by atoms with Gasteiger partial charge in [0.15, 0.2) is 0 Å². The van der Waals surface area contributed by atoms with Gasteiger partial charge in [-0.1, -0.05) is 42.3 Å². The number of aliphatic carboxylic acids is 1. The maximum absolute atomic E-state index is 14.4. The molecule has 4 aliphatic rings. The summed E-state index contributed by atoms with van der Waals surface area (Å²) in [7, 11) is 5.98. The number of nitrogens with two attached hydrogens (primary N) is 2. The van der Waals surface area contributed by atoms with Crippen molar-refractivity contribution in [1.82, 2.24) is 36.8 Å². The number of nitrogens with zero attached hydrogens (tertiary/aromatic N) is 2. The van der Waals surface area contributed by atoms with Gasteiger partial charge in [0.1, 0.15) is 40.7 Å². The number of epoxide rings is 1. The molecule has 0 radical (unpaired) electrons. The molecule has 1 aromatic rings. The van der Waals surface area contributed by atoms with Crippen LogP contribution in [0.4, 0.5) is 10.5 Å². The first-order valence-electron chi connectivity index (χ1n) is 29.5. The summed E-state index contributed by atoms with van der Waals surface area (Å²) in [5.74, 6) is -6.63. The van der Waals surface area contributed by atoms with Gasteiger partial charge in [0.05, 0.1) is 68.8 Å². The molecule has 11 N–H and O–H groups in total. The summed E-state index contributed by atoms with van der Waals surface area (Å²) in [5, 5.41) is 24.5. The van der Waals surface area contributed by atoms with E-state index in [9.17, 15) is 57.8 Å². The van der Waals surface area contributed by atoms with E-state index in [0.717, 1.165) is 22.9 Å². The number of primary amides is 1. The van der Waals surface area contributed by atoms with Crippen LogP contribution in [0, 0.1) is 17.8 Å². The van der Waals surface area contributed by atoms with Gasteiger partial charge < -0.3 is 82.0 Å². The molecule has 2 saturated heterocycles. The number of esters is 1. The predicted molar refractivity (Wildman–Crippen MR) is 324 cm³/mol. The third kappa shape index (κ3) is 21.1. The topological polar surface area (TPSA) is 388 Å². The first kappa shape index (κ1) is 71.7. The van der Waals surface area contributed by atoms with E-state index in [1.807, 2.05) is 32.1 Å². The summed E-state index contributed by atoms with van der Waals surface area (Å²) in [4.78, 5) is 144.